The summed E-state index contributed by atoms with van der Waals surface area (Å²) < 4.78 is 10.3. The lowest BCUT2D eigenvalue weighted by Crippen LogP contribution is -2.19. The summed E-state index contributed by atoms with van der Waals surface area (Å²) in [5, 5.41) is 12.2. The molecule has 1 atom stereocenters. The molecule has 20 heavy (non-hydrogen) atoms. The first-order chi connectivity index (χ1) is 9.61. The summed E-state index contributed by atoms with van der Waals surface area (Å²) in [4.78, 5) is 11.0. The Morgan fingerprint density at radius 3 is 2.65 bits per heavy atom. The number of carboxylic acids is 1. The third-order valence-corrected chi connectivity index (χ3v) is 3.16. The number of furan rings is 1. The van der Waals surface area contributed by atoms with E-state index in [4.69, 9.17) is 14.3 Å². The largest absolute Gasteiger partial charge is 0.497 e. The number of methoxy groups -OCH3 is 1. The molecular formula is C15H17NO4. The Morgan fingerprint density at radius 2 is 2.05 bits per heavy atom. The summed E-state index contributed by atoms with van der Waals surface area (Å²) in [6.07, 6.45) is 1.39. The Morgan fingerprint density at radius 1 is 1.35 bits per heavy atom. The number of rotatable bonds is 6. The number of hydrogen-bond donors (Lipinski definition) is 2. The Labute approximate surface area is 117 Å². The van der Waals surface area contributed by atoms with Gasteiger partial charge in [0.25, 0.3) is 0 Å². The molecule has 0 bridgehead atoms. The predicted molar refractivity (Wildman–Crippen MR) is 73.9 cm³/mol. The molecule has 5 nitrogen and oxygen atoms in total. The van der Waals surface area contributed by atoms with Crippen LogP contribution in [0, 0.1) is 0 Å². The molecule has 0 saturated carbocycles. The van der Waals surface area contributed by atoms with E-state index in [-0.39, 0.29) is 11.6 Å². The fourth-order valence-electron chi connectivity index (χ4n) is 1.92. The van der Waals surface area contributed by atoms with Crippen LogP contribution < -0.4 is 10.1 Å². The van der Waals surface area contributed by atoms with Crippen molar-refractivity contribution >= 4 is 5.97 Å². The first-order valence-corrected chi connectivity index (χ1v) is 6.29. The molecule has 2 N–H and O–H groups in total. The van der Waals surface area contributed by atoms with Gasteiger partial charge in [0.05, 0.1) is 19.9 Å². The third-order valence-electron chi connectivity index (χ3n) is 3.16. The molecule has 1 heterocycles. The highest BCUT2D eigenvalue weighted by atomic mass is 16.5. The van der Waals surface area contributed by atoms with Gasteiger partial charge in [-0.15, -0.1) is 0 Å². The zero-order valence-electron chi connectivity index (χ0n) is 11.4. The molecule has 1 aromatic heterocycles. The van der Waals surface area contributed by atoms with Gasteiger partial charge in [-0.1, -0.05) is 12.1 Å². The normalized spacial score (nSPS) is 12.1. The summed E-state index contributed by atoms with van der Waals surface area (Å²) in [6.45, 7) is 2.37. The number of ether oxygens (including phenoxy) is 1. The highest BCUT2D eigenvalue weighted by molar-refractivity contribution is 5.88. The van der Waals surface area contributed by atoms with E-state index in [0.29, 0.717) is 12.3 Å². The topological polar surface area (TPSA) is 71.7 Å². The van der Waals surface area contributed by atoms with Crippen molar-refractivity contribution < 1.29 is 19.1 Å². The molecule has 1 aromatic carbocycles. The van der Waals surface area contributed by atoms with Gasteiger partial charge in [-0.3, -0.25) is 0 Å². The van der Waals surface area contributed by atoms with Crippen LogP contribution in [-0.2, 0) is 6.54 Å². The molecule has 1 unspecified atom stereocenters. The molecular weight excluding hydrogens is 258 g/mol. The molecule has 2 rings (SSSR count). The smallest absolute Gasteiger partial charge is 0.339 e. The third kappa shape index (κ3) is 3.19. The molecule has 0 amide bonds. The van der Waals surface area contributed by atoms with E-state index in [1.165, 1.54) is 12.3 Å². The van der Waals surface area contributed by atoms with Crippen LogP contribution in [0.25, 0.3) is 0 Å². The molecule has 0 aliphatic heterocycles. The van der Waals surface area contributed by atoms with Gasteiger partial charge in [-0.25, -0.2) is 4.79 Å². The van der Waals surface area contributed by atoms with E-state index >= 15 is 0 Å². The maximum absolute atomic E-state index is 11.0. The Bertz CT molecular complexity index is 574. The Hall–Kier alpha value is -2.27. The number of aromatic carboxylic acids is 1. The molecule has 0 aliphatic rings. The Kier molecular flexibility index (Phi) is 4.42. The minimum Gasteiger partial charge on any atom is -0.497 e. The van der Waals surface area contributed by atoms with Crippen molar-refractivity contribution in [3.63, 3.8) is 0 Å². The van der Waals surface area contributed by atoms with Crippen LogP contribution in [0.5, 0.6) is 5.75 Å². The van der Waals surface area contributed by atoms with Gasteiger partial charge < -0.3 is 19.6 Å². The van der Waals surface area contributed by atoms with Crippen molar-refractivity contribution in [2.45, 2.75) is 19.5 Å². The first kappa shape index (κ1) is 14.1. The summed E-state index contributed by atoms with van der Waals surface area (Å²) in [7, 11) is 1.63. The van der Waals surface area contributed by atoms with Gasteiger partial charge >= 0.3 is 5.97 Å². The number of carboxylic acid groups (broad SMARTS) is 1. The molecule has 0 radical (unpaired) electrons. The molecule has 5 heteroatoms. The second-order valence-electron chi connectivity index (χ2n) is 4.44. The standard InChI is InChI=1S/C15H17NO4/c1-10(11-3-5-12(19-2)6-4-11)16-9-14-13(15(17)18)7-8-20-14/h3-8,10,16H,9H2,1-2H3,(H,17,18). The number of benzene rings is 1. The SMILES string of the molecule is COc1ccc(C(C)NCc2occc2C(=O)O)cc1. The molecule has 0 spiro atoms. The van der Waals surface area contributed by atoms with Crippen molar-refractivity contribution in [3.05, 3.63) is 53.5 Å². The maximum atomic E-state index is 11.0. The average Bonchev–Trinajstić information content (AvgIpc) is 2.93. The zero-order chi connectivity index (χ0) is 14.5. The van der Waals surface area contributed by atoms with Crippen LogP contribution in [0.1, 0.15) is 34.6 Å². The average molecular weight is 275 g/mol. The number of nitrogens with one attached hydrogen (secondary N) is 1. The van der Waals surface area contributed by atoms with Crippen molar-refractivity contribution in [2.75, 3.05) is 7.11 Å². The van der Waals surface area contributed by atoms with E-state index in [0.717, 1.165) is 11.3 Å². The van der Waals surface area contributed by atoms with Crippen LogP contribution in [0.2, 0.25) is 0 Å². The quantitative estimate of drug-likeness (QED) is 0.848. The van der Waals surface area contributed by atoms with Crippen LogP contribution in [0.15, 0.2) is 41.0 Å². The van der Waals surface area contributed by atoms with E-state index in [1.807, 2.05) is 31.2 Å². The highest BCUT2D eigenvalue weighted by Crippen LogP contribution is 2.18. The second-order valence-corrected chi connectivity index (χ2v) is 4.44. The van der Waals surface area contributed by atoms with Crippen LogP contribution in [0.3, 0.4) is 0 Å². The van der Waals surface area contributed by atoms with E-state index < -0.39 is 5.97 Å². The van der Waals surface area contributed by atoms with Crippen molar-refractivity contribution in [3.8, 4) is 5.75 Å². The van der Waals surface area contributed by atoms with E-state index in [1.54, 1.807) is 7.11 Å². The second kappa shape index (κ2) is 6.25. The molecule has 106 valence electrons. The lowest BCUT2D eigenvalue weighted by Gasteiger charge is -2.14. The van der Waals surface area contributed by atoms with Gasteiger partial charge in [-0.2, -0.15) is 0 Å². The zero-order valence-corrected chi connectivity index (χ0v) is 11.4. The molecule has 0 aliphatic carbocycles. The number of carbonyl (C=O) groups is 1. The lowest BCUT2D eigenvalue weighted by molar-refractivity contribution is 0.0694. The van der Waals surface area contributed by atoms with Gasteiger partial charge in [0.1, 0.15) is 17.1 Å². The van der Waals surface area contributed by atoms with E-state index in [2.05, 4.69) is 5.32 Å². The van der Waals surface area contributed by atoms with Gasteiger partial charge in [0.15, 0.2) is 0 Å². The molecule has 0 fully saturated rings. The minimum atomic E-state index is -0.979. The van der Waals surface area contributed by atoms with Gasteiger partial charge in [-0.05, 0) is 30.7 Å². The van der Waals surface area contributed by atoms with Crippen LogP contribution >= 0.6 is 0 Å². The summed E-state index contributed by atoms with van der Waals surface area (Å²) in [5.74, 6) is 0.255. The number of hydrogen-bond acceptors (Lipinski definition) is 4. The monoisotopic (exact) mass is 275 g/mol. The van der Waals surface area contributed by atoms with Crippen molar-refractivity contribution in [2.24, 2.45) is 0 Å². The van der Waals surface area contributed by atoms with Crippen LogP contribution in [-0.4, -0.2) is 18.2 Å². The van der Waals surface area contributed by atoms with E-state index in [9.17, 15) is 4.79 Å². The fraction of sp³-hybridized carbons (Fsp3) is 0.267. The van der Waals surface area contributed by atoms with Crippen molar-refractivity contribution in [1.82, 2.24) is 5.32 Å². The maximum Gasteiger partial charge on any atom is 0.339 e. The summed E-state index contributed by atoms with van der Waals surface area (Å²) in [6, 6.07) is 9.25. The van der Waals surface area contributed by atoms with Crippen LogP contribution in [0.4, 0.5) is 0 Å². The fourth-order valence-corrected chi connectivity index (χ4v) is 1.92. The summed E-state index contributed by atoms with van der Waals surface area (Å²) in [5.41, 5.74) is 1.29. The Balaban J connectivity index is 1.99. The van der Waals surface area contributed by atoms with Gasteiger partial charge in [0, 0.05) is 6.04 Å². The van der Waals surface area contributed by atoms with Gasteiger partial charge in [0.2, 0.25) is 0 Å². The predicted octanol–water partition coefficient (Wildman–Crippen LogP) is 2.84. The lowest BCUT2D eigenvalue weighted by atomic mass is 10.1. The van der Waals surface area contributed by atoms with Crippen molar-refractivity contribution in [1.29, 1.82) is 0 Å². The summed E-state index contributed by atoms with van der Waals surface area (Å²) >= 11 is 0. The first-order valence-electron chi connectivity index (χ1n) is 6.29. The minimum absolute atomic E-state index is 0.0765. The molecule has 0 saturated heterocycles. The molecule has 2 aromatic rings. The highest BCUT2D eigenvalue weighted by Gasteiger charge is 2.14.